The zero-order chi connectivity index (χ0) is 15.2. The van der Waals surface area contributed by atoms with E-state index >= 15 is 0 Å². The van der Waals surface area contributed by atoms with Crippen LogP contribution >= 0.6 is 0 Å². The number of nitrogens with one attached hydrogen (secondary N) is 2. The van der Waals surface area contributed by atoms with Crippen LogP contribution in [0.1, 0.15) is 24.8 Å². The number of hydrogen-bond donors (Lipinski definition) is 3. The highest BCUT2D eigenvalue weighted by Gasteiger charge is 2.23. The molecule has 1 atom stereocenters. The van der Waals surface area contributed by atoms with Crippen molar-refractivity contribution in [2.75, 3.05) is 23.8 Å². The molecule has 2 amide bonds. The summed E-state index contributed by atoms with van der Waals surface area (Å²) in [4.78, 5) is 23.5. The van der Waals surface area contributed by atoms with Gasteiger partial charge in [-0.25, -0.2) is 0 Å². The van der Waals surface area contributed by atoms with Crippen molar-refractivity contribution in [1.82, 2.24) is 0 Å². The molecule has 4 N–H and O–H groups in total. The van der Waals surface area contributed by atoms with Crippen LogP contribution in [0.3, 0.4) is 0 Å². The number of aryl methyl sites for hydroxylation is 1. The topological polar surface area (TPSA) is 93.5 Å². The number of rotatable bonds is 5. The van der Waals surface area contributed by atoms with Crippen molar-refractivity contribution in [3.63, 3.8) is 0 Å². The summed E-state index contributed by atoms with van der Waals surface area (Å²) >= 11 is 0. The number of amides is 2. The van der Waals surface area contributed by atoms with Gasteiger partial charge < -0.3 is 21.1 Å². The van der Waals surface area contributed by atoms with Crippen molar-refractivity contribution in [3.8, 4) is 0 Å². The molecule has 0 radical (unpaired) electrons. The van der Waals surface area contributed by atoms with Gasteiger partial charge in [-0.1, -0.05) is 0 Å². The zero-order valence-electron chi connectivity index (χ0n) is 12.1. The van der Waals surface area contributed by atoms with Crippen LogP contribution in [0.25, 0.3) is 0 Å². The van der Waals surface area contributed by atoms with Gasteiger partial charge in [0.05, 0.1) is 0 Å². The maximum Gasteiger partial charge on any atom is 0.253 e. The lowest BCUT2D eigenvalue weighted by atomic mass is 10.1. The van der Waals surface area contributed by atoms with Crippen LogP contribution in [0.4, 0.5) is 11.4 Å². The Kier molecular flexibility index (Phi) is 5.30. The van der Waals surface area contributed by atoms with Crippen molar-refractivity contribution in [2.24, 2.45) is 5.73 Å². The molecule has 1 saturated heterocycles. The van der Waals surface area contributed by atoms with E-state index in [1.807, 2.05) is 13.0 Å². The van der Waals surface area contributed by atoms with E-state index in [1.165, 1.54) is 0 Å². The lowest BCUT2D eigenvalue weighted by Crippen LogP contribution is -2.27. The van der Waals surface area contributed by atoms with Gasteiger partial charge in [-0.05, 0) is 43.5 Å². The third-order valence-corrected chi connectivity index (χ3v) is 3.36. The number of benzene rings is 1. The average molecular weight is 291 g/mol. The molecule has 1 aromatic carbocycles. The number of hydrogen-bond acceptors (Lipinski definition) is 4. The smallest absolute Gasteiger partial charge is 0.253 e. The molecule has 2 rings (SSSR count). The summed E-state index contributed by atoms with van der Waals surface area (Å²) in [6, 6.07) is 5.35. The number of carbonyl (C=O) groups is 2. The van der Waals surface area contributed by atoms with Crippen LogP contribution in [0.5, 0.6) is 0 Å². The molecule has 0 bridgehead atoms. The second-order valence-corrected chi connectivity index (χ2v) is 5.11. The second-order valence-electron chi connectivity index (χ2n) is 5.11. The van der Waals surface area contributed by atoms with Crippen molar-refractivity contribution in [1.29, 1.82) is 0 Å². The maximum atomic E-state index is 12.0. The van der Waals surface area contributed by atoms with E-state index in [-0.39, 0.29) is 24.3 Å². The first-order chi connectivity index (χ1) is 10.1. The van der Waals surface area contributed by atoms with Gasteiger partial charge in [0.25, 0.3) is 5.91 Å². The zero-order valence-corrected chi connectivity index (χ0v) is 12.1. The van der Waals surface area contributed by atoms with Gasteiger partial charge in [-0.15, -0.1) is 0 Å². The first-order valence-corrected chi connectivity index (χ1v) is 7.13. The Balaban J connectivity index is 1.98. The monoisotopic (exact) mass is 291 g/mol. The van der Waals surface area contributed by atoms with Crippen molar-refractivity contribution in [3.05, 3.63) is 23.8 Å². The molecule has 1 aromatic rings. The minimum atomic E-state index is -0.353. The third-order valence-electron chi connectivity index (χ3n) is 3.36. The highest BCUT2D eigenvalue weighted by molar-refractivity contribution is 5.96. The van der Waals surface area contributed by atoms with Gasteiger partial charge in [0.15, 0.2) is 0 Å². The fourth-order valence-corrected chi connectivity index (χ4v) is 2.23. The average Bonchev–Trinajstić information content (AvgIpc) is 2.96. The number of ether oxygens (including phenoxy) is 1. The normalized spacial score (nSPS) is 17.5. The summed E-state index contributed by atoms with van der Waals surface area (Å²) in [6.45, 7) is 2.84. The molecular formula is C15H21N3O3. The summed E-state index contributed by atoms with van der Waals surface area (Å²) in [5.74, 6) is -0.233. The molecule has 1 unspecified atom stereocenters. The van der Waals surface area contributed by atoms with Crippen molar-refractivity contribution in [2.45, 2.75) is 32.3 Å². The Labute approximate surface area is 124 Å². The van der Waals surface area contributed by atoms with Crippen LogP contribution < -0.4 is 16.4 Å². The summed E-state index contributed by atoms with van der Waals surface area (Å²) in [5.41, 5.74) is 7.64. The molecule has 0 aliphatic carbocycles. The number of anilines is 2. The van der Waals surface area contributed by atoms with E-state index in [0.29, 0.717) is 18.8 Å². The largest absolute Gasteiger partial charge is 0.368 e. The fraction of sp³-hybridized carbons (Fsp3) is 0.467. The minimum absolute atomic E-state index is 0.115. The summed E-state index contributed by atoms with van der Waals surface area (Å²) in [5, 5.41) is 5.62. The molecule has 0 aromatic heterocycles. The first-order valence-electron chi connectivity index (χ1n) is 7.13. The summed E-state index contributed by atoms with van der Waals surface area (Å²) in [6.07, 6.45) is 1.62. The third kappa shape index (κ3) is 4.27. The standard InChI is InChI=1S/C15H21N3O3/c1-10-9-11(17-14(19)6-7-16)4-5-12(10)18-15(20)13-3-2-8-21-13/h4-5,9,13H,2-3,6-8,16H2,1H3,(H,17,19)(H,18,20). The van der Waals surface area contributed by atoms with E-state index in [4.69, 9.17) is 10.5 Å². The molecule has 1 aliphatic rings. The van der Waals surface area contributed by atoms with Gasteiger partial charge in [-0.2, -0.15) is 0 Å². The summed E-state index contributed by atoms with van der Waals surface area (Å²) < 4.78 is 5.35. The predicted octanol–water partition coefficient (Wildman–Crippen LogP) is 1.40. The Morgan fingerprint density at radius 3 is 2.81 bits per heavy atom. The highest BCUT2D eigenvalue weighted by atomic mass is 16.5. The van der Waals surface area contributed by atoms with E-state index in [9.17, 15) is 9.59 Å². The molecule has 6 heteroatoms. The van der Waals surface area contributed by atoms with Gasteiger partial charge in [0, 0.05) is 30.9 Å². The Bertz CT molecular complexity index is 525. The molecule has 0 saturated carbocycles. The predicted molar refractivity (Wildman–Crippen MR) is 81.1 cm³/mol. The van der Waals surface area contributed by atoms with Gasteiger partial charge in [0.1, 0.15) is 6.10 Å². The molecule has 6 nitrogen and oxygen atoms in total. The van der Waals surface area contributed by atoms with Crippen molar-refractivity contribution < 1.29 is 14.3 Å². The van der Waals surface area contributed by atoms with Gasteiger partial charge in [0.2, 0.25) is 5.91 Å². The molecule has 21 heavy (non-hydrogen) atoms. The van der Waals surface area contributed by atoms with Crippen LogP contribution in [-0.2, 0) is 14.3 Å². The van der Waals surface area contributed by atoms with Crippen LogP contribution in [-0.4, -0.2) is 31.1 Å². The second kappa shape index (κ2) is 7.19. The maximum absolute atomic E-state index is 12.0. The molecule has 0 spiro atoms. The molecule has 1 fully saturated rings. The molecule has 1 heterocycles. The van der Waals surface area contributed by atoms with Gasteiger partial charge in [-0.3, -0.25) is 9.59 Å². The minimum Gasteiger partial charge on any atom is -0.368 e. The Morgan fingerprint density at radius 1 is 1.38 bits per heavy atom. The van der Waals surface area contributed by atoms with E-state index in [1.54, 1.807) is 12.1 Å². The van der Waals surface area contributed by atoms with Crippen LogP contribution in [0, 0.1) is 6.92 Å². The molecule has 1 aliphatic heterocycles. The van der Waals surface area contributed by atoms with Crippen molar-refractivity contribution >= 4 is 23.2 Å². The quantitative estimate of drug-likeness (QED) is 0.764. The van der Waals surface area contributed by atoms with Crippen LogP contribution in [0.2, 0.25) is 0 Å². The lowest BCUT2D eigenvalue weighted by molar-refractivity contribution is -0.124. The van der Waals surface area contributed by atoms with Crippen LogP contribution in [0.15, 0.2) is 18.2 Å². The van der Waals surface area contributed by atoms with E-state index < -0.39 is 0 Å². The summed E-state index contributed by atoms with van der Waals surface area (Å²) in [7, 11) is 0. The highest BCUT2D eigenvalue weighted by Crippen LogP contribution is 2.21. The Morgan fingerprint density at radius 2 is 2.19 bits per heavy atom. The number of carbonyl (C=O) groups excluding carboxylic acids is 2. The molecule has 114 valence electrons. The SMILES string of the molecule is Cc1cc(NC(=O)CCN)ccc1NC(=O)C1CCCO1. The van der Waals surface area contributed by atoms with E-state index in [0.717, 1.165) is 24.1 Å². The Hall–Kier alpha value is -1.92. The lowest BCUT2D eigenvalue weighted by Gasteiger charge is -2.13. The van der Waals surface area contributed by atoms with E-state index in [2.05, 4.69) is 10.6 Å². The fourth-order valence-electron chi connectivity index (χ4n) is 2.23. The first kappa shape index (κ1) is 15.5. The number of nitrogens with two attached hydrogens (primary N) is 1. The molecular weight excluding hydrogens is 270 g/mol. The van der Waals surface area contributed by atoms with Gasteiger partial charge >= 0.3 is 0 Å².